The van der Waals surface area contributed by atoms with E-state index in [4.69, 9.17) is 5.26 Å². The number of nitrogens with zero attached hydrogens (tertiary/aromatic N) is 3. The van der Waals surface area contributed by atoms with Crippen LogP contribution in [0, 0.1) is 17.2 Å². The number of piperidine rings is 1. The quantitative estimate of drug-likeness (QED) is 0.643. The van der Waals surface area contributed by atoms with Crippen LogP contribution in [-0.4, -0.2) is 49.4 Å². The molecule has 0 aromatic carbocycles. The molecule has 1 aliphatic heterocycles. The number of likely N-dealkylation sites (tertiary alicyclic amines) is 1. The Kier molecular flexibility index (Phi) is 4.57. The van der Waals surface area contributed by atoms with Gasteiger partial charge in [-0.2, -0.15) is 5.26 Å². The largest absolute Gasteiger partial charge is 0.333 e. The van der Waals surface area contributed by atoms with Gasteiger partial charge in [-0.05, 0) is 38.8 Å². The number of amides is 1. The first kappa shape index (κ1) is 12.0. The Labute approximate surface area is 91.5 Å². The first-order chi connectivity index (χ1) is 7.13. The van der Waals surface area contributed by atoms with Crippen LogP contribution in [0.5, 0.6) is 0 Å². The van der Waals surface area contributed by atoms with Crippen molar-refractivity contribution >= 4 is 5.91 Å². The highest BCUT2D eigenvalue weighted by molar-refractivity contribution is 5.90. The van der Waals surface area contributed by atoms with Crippen LogP contribution >= 0.6 is 0 Å². The SMILES string of the molecule is CN1CCCC(CCN(C)C(=O)C#N)C1. The zero-order valence-corrected chi connectivity index (χ0v) is 9.57. The van der Waals surface area contributed by atoms with Crippen molar-refractivity contribution in [2.24, 2.45) is 5.92 Å². The van der Waals surface area contributed by atoms with Gasteiger partial charge < -0.3 is 9.80 Å². The lowest BCUT2D eigenvalue weighted by Crippen LogP contribution is -2.35. The Morgan fingerprint density at radius 2 is 2.40 bits per heavy atom. The van der Waals surface area contributed by atoms with Crippen LogP contribution in [0.25, 0.3) is 0 Å². The highest BCUT2D eigenvalue weighted by atomic mass is 16.2. The monoisotopic (exact) mass is 209 g/mol. The van der Waals surface area contributed by atoms with Crippen LogP contribution in [0.15, 0.2) is 0 Å². The van der Waals surface area contributed by atoms with Crippen LogP contribution in [0.3, 0.4) is 0 Å². The molecule has 0 radical (unpaired) electrons. The van der Waals surface area contributed by atoms with Crippen LogP contribution in [0.2, 0.25) is 0 Å². The van der Waals surface area contributed by atoms with Gasteiger partial charge in [-0.1, -0.05) is 0 Å². The van der Waals surface area contributed by atoms with E-state index in [1.54, 1.807) is 13.1 Å². The fourth-order valence-corrected chi connectivity index (χ4v) is 2.07. The highest BCUT2D eigenvalue weighted by Gasteiger charge is 2.18. The zero-order valence-electron chi connectivity index (χ0n) is 9.57. The Bertz CT molecular complexity index is 259. The molecule has 0 aromatic rings. The van der Waals surface area contributed by atoms with Crippen LogP contribution in [0.4, 0.5) is 0 Å². The summed E-state index contributed by atoms with van der Waals surface area (Å²) in [5.74, 6) is 0.247. The third kappa shape index (κ3) is 3.88. The Morgan fingerprint density at radius 1 is 1.67 bits per heavy atom. The molecule has 4 heteroatoms. The average molecular weight is 209 g/mol. The molecule has 1 rings (SSSR count). The summed E-state index contributed by atoms with van der Waals surface area (Å²) in [6.45, 7) is 3.00. The lowest BCUT2D eigenvalue weighted by Gasteiger charge is -2.30. The second-order valence-electron chi connectivity index (χ2n) is 4.40. The molecule has 0 N–H and O–H groups in total. The lowest BCUT2D eigenvalue weighted by atomic mass is 9.95. The second kappa shape index (κ2) is 5.72. The molecule has 4 nitrogen and oxygen atoms in total. The summed E-state index contributed by atoms with van der Waals surface area (Å²) in [5, 5.41) is 8.43. The minimum atomic E-state index is -0.431. The summed E-state index contributed by atoms with van der Waals surface area (Å²) < 4.78 is 0. The molecule has 1 fully saturated rings. The predicted octanol–water partition coefficient (Wildman–Crippen LogP) is 0.700. The van der Waals surface area contributed by atoms with Gasteiger partial charge in [-0.3, -0.25) is 4.79 Å². The van der Waals surface area contributed by atoms with Crippen molar-refractivity contribution in [2.75, 3.05) is 33.7 Å². The Morgan fingerprint density at radius 3 is 3.00 bits per heavy atom. The predicted molar refractivity (Wildman–Crippen MR) is 58.1 cm³/mol. The number of nitriles is 1. The summed E-state index contributed by atoms with van der Waals surface area (Å²) in [5.41, 5.74) is 0. The molecule has 1 heterocycles. The summed E-state index contributed by atoms with van der Waals surface area (Å²) >= 11 is 0. The number of hydrogen-bond acceptors (Lipinski definition) is 3. The molecule has 0 bridgehead atoms. The molecule has 0 spiro atoms. The van der Waals surface area contributed by atoms with E-state index in [2.05, 4.69) is 11.9 Å². The first-order valence-corrected chi connectivity index (χ1v) is 5.47. The minimum absolute atomic E-state index is 0.431. The fourth-order valence-electron chi connectivity index (χ4n) is 2.07. The van der Waals surface area contributed by atoms with Crippen molar-refractivity contribution in [3.8, 4) is 6.07 Å². The second-order valence-corrected chi connectivity index (χ2v) is 4.40. The number of carbonyl (C=O) groups excluding carboxylic acids is 1. The number of rotatable bonds is 3. The molecule has 84 valence electrons. The van der Waals surface area contributed by atoms with E-state index in [0.29, 0.717) is 12.5 Å². The number of carbonyl (C=O) groups is 1. The Hall–Kier alpha value is -1.08. The van der Waals surface area contributed by atoms with Gasteiger partial charge >= 0.3 is 5.91 Å². The van der Waals surface area contributed by atoms with E-state index in [-0.39, 0.29) is 0 Å². The summed E-state index contributed by atoms with van der Waals surface area (Å²) in [6.07, 6.45) is 3.50. The average Bonchev–Trinajstić information content (AvgIpc) is 2.25. The van der Waals surface area contributed by atoms with E-state index in [1.807, 2.05) is 0 Å². The van der Waals surface area contributed by atoms with E-state index in [1.165, 1.54) is 24.3 Å². The fraction of sp³-hybridized carbons (Fsp3) is 0.818. The lowest BCUT2D eigenvalue weighted by molar-refractivity contribution is -0.124. The van der Waals surface area contributed by atoms with Gasteiger partial charge in [0.25, 0.3) is 0 Å². The van der Waals surface area contributed by atoms with Crippen LogP contribution in [0.1, 0.15) is 19.3 Å². The van der Waals surface area contributed by atoms with E-state index >= 15 is 0 Å². The maximum Gasteiger partial charge on any atom is 0.324 e. The smallest absolute Gasteiger partial charge is 0.324 e. The normalized spacial score (nSPS) is 22.1. The van der Waals surface area contributed by atoms with Gasteiger partial charge in [0.1, 0.15) is 0 Å². The minimum Gasteiger partial charge on any atom is -0.333 e. The molecule has 1 unspecified atom stereocenters. The van der Waals surface area contributed by atoms with Crippen molar-refractivity contribution in [3.63, 3.8) is 0 Å². The first-order valence-electron chi connectivity index (χ1n) is 5.47. The van der Waals surface area contributed by atoms with Crippen molar-refractivity contribution in [3.05, 3.63) is 0 Å². The molecule has 15 heavy (non-hydrogen) atoms. The van der Waals surface area contributed by atoms with Crippen molar-refractivity contribution in [1.82, 2.24) is 9.80 Å². The third-order valence-electron chi connectivity index (χ3n) is 3.04. The van der Waals surface area contributed by atoms with Crippen LogP contribution in [-0.2, 0) is 4.79 Å². The number of hydrogen-bond donors (Lipinski definition) is 0. The van der Waals surface area contributed by atoms with E-state index in [0.717, 1.165) is 13.0 Å². The maximum absolute atomic E-state index is 11.0. The standard InChI is InChI=1S/C11H19N3O/c1-13-6-3-4-10(9-13)5-7-14(2)11(15)8-12/h10H,3-7,9H2,1-2H3. The van der Waals surface area contributed by atoms with Crippen molar-refractivity contribution < 1.29 is 4.79 Å². The molecule has 1 amide bonds. The van der Waals surface area contributed by atoms with E-state index in [9.17, 15) is 4.79 Å². The van der Waals surface area contributed by atoms with Crippen molar-refractivity contribution in [1.29, 1.82) is 5.26 Å². The molecule has 1 atom stereocenters. The maximum atomic E-state index is 11.0. The molecule has 0 aromatic heterocycles. The third-order valence-corrected chi connectivity index (χ3v) is 3.04. The highest BCUT2D eigenvalue weighted by Crippen LogP contribution is 2.18. The molecular formula is C11H19N3O. The summed E-state index contributed by atoms with van der Waals surface area (Å²) in [6, 6.07) is 1.64. The molecule has 0 aliphatic carbocycles. The Balaban J connectivity index is 2.25. The molecule has 0 saturated carbocycles. The molecular weight excluding hydrogens is 190 g/mol. The van der Waals surface area contributed by atoms with Gasteiger partial charge in [-0.15, -0.1) is 0 Å². The molecule has 1 saturated heterocycles. The topological polar surface area (TPSA) is 47.3 Å². The van der Waals surface area contributed by atoms with Crippen molar-refractivity contribution in [2.45, 2.75) is 19.3 Å². The van der Waals surface area contributed by atoms with E-state index < -0.39 is 5.91 Å². The summed E-state index contributed by atoms with van der Waals surface area (Å²) in [7, 11) is 3.83. The van der Waals surface area contributed by atoms with Gasteiger partial charge in [0, 0.05) is 20.1 Å². The van der Waals surface area contributed by atoms with Gasteiger partial charge in [0.05, 0.1) is 0 Å². The summed E-state index contributed by atoms with van der Waals surface area (Å²) in [4.78, 5) is 14.8. The molecule has 1 aliphatic rings. The van der Waals surface area contributed by atoms with Gasteiger partial charge in [0.2, 0.25) is 0 Å². The van der Waals surface area contributed by atoms with Gasteiger partial charge in [0.15, 0.2) is 6.07 Å². The van der Waals surface area contributed by atoms with Crippen LogP contribution < -0.4 is 0 Å². The zero-order chi connectivity index (χ0) is 11.3. The van der Waals surface area contributed by atoms with Gasteiger partial charge in [-0.25, -0.2) is 0 Å².